The van der Waals surface area contributed by atoms with E-state index < -0.39 is 4.92 Å². The highest BCUT2D eigenvalue weighted by Gasteiger charge is 2.18. The number of nitro benzene ring substituents is 1. The predicted molar refractivity (Wildman–Crippen MR) is 122 cm³/mol. The van der Waals surface area contributed by atoms with Crippen molar-refractivity contribution in [3.05, 3.63) is 75.8 Å². The van der Waals surface area contributed by atoms with Crippen molar-refractivity contribution in [2.24, 2.45) is 0 Å². The van der Waals surface area contributed by atoms with Gasteiger partial charge in [0.25, 0.3) is 5.69 Å². The van der Waals surface area contributed by atoms with Crippen molar-refractivity contribution in [3.8, 4) is 5.75 Å². The minimum absolute atomic E-state index is 0.0381. The molecule has 0 bridgehead atoms. The molecule has 0 unspecified atom stereocenters. The third-order valence-electron chi connectivity index (χ3n) is 5.44. The van der Waals surface area contributed by atoms with Gasteiger partial charge in [-0.15, -0.1) is 0 Å². The minimum atomic E-state index is -0.468. The van der Waals surface area contributed by atoms with E-state index in [4.69, 9.17) is 9.47 Å². The Kier molecular flexibility index (Phi) is 8.77. The topological polar surface area (TPSA) is 93.9 Å². The molecule has 0 aromatic heterocycles. The van der Waals surface area contributed by atoms with Crippen LogP contribution < -0.4 is 10.1 Å². The highest BCUT2D eigenvalue weighted by molar-refractivity contribution is 5.92. The summed E-state index contributed by atoms with van der Waals surface area (Å²) >= 11 is 0. The zero-order valence-corrected chi connectivity index (χ0v) is 18.2. The molecule has 8 heteroatoms. The number of benzene rings is 2. The first-order valence-electron chi connectivity index (χ1n) is 10.7. The Morgan fingerprint density at radius 1 is 1.25 bits per heavy atom. The normalized spacial score (nSPS) is 14.6. The van der Waals surface area contributed by atoms with Gasteiger partial charge in [-0.2, -0.15) is 0 Å². The SMILES string of the molecule is CN(CCOc1cccc(CNC(=O)/C=C/c2ccccc2[N+](=O)[O-])c1)C1CCOCC1. The van der Waals surface area contributed by atoms with Crippen LogP contribution in [-0.4, -0.2) is 55.2 Å². The van der Waals surface area contributed by atoms with Crippen molar-refractivity contribution in [2.45, 2.75) is 25.4 Å². The predicted octanol–water partition coefficient (Wildman–Crippen LogP) is 3.41. The number of nitrogens with one attached hydrogen (secondary N) is 1. The van der Waals surface area contributed by atoms with E-state index in [2.05, 4.69) is 17.3 Å². The van der Waals surface area contributed by atoms with Crippen LogP contribution in [0.5, 0.6) is 5.75 Å². The van der Waals surface area contributed by atoms with Crippen LogP contribution in [0.15, 0.2) is 54.6 Å². The van der Waals surface area contributed by atoms with Gasteiger partial charge >= 0.3 is 0 Å². The highest BCUT2D eigenvalue weighted by atomic mass is 16.6. The summed E-state index contributed by atoms with van der Waals surface area (Å²) in [5.74, 6) is 0.431. The first kappa shape index (κ1) is 23.4. The van der Waals surface area contributed by atoms with Gasteiger partial charge in [-0.3, -0.25) is 19.8 Å². The average molecular weight is 440 g/mol. The van der Waals surface area contributed by atoms with E-state index >= 15 is 0 Å². The molecule has 8 nitrogen and oxygen atoms in total. The number of nitro groups is 1. The van der Waals surface area contributed by atoms with Gasteiger partial charge in [-0.05, 0) is 49.7 Å². The number of amides is 1. The Labute approximate surface area is 188 Å². The molecular weight excluding hydrogens is 410 g/mol. The summed E-state index contributed by atoms with van der Waals surface area (Å²) in [6.45, 7) is 3.39. The molecule has 1 heterocycles. The Hall–Kier alpha value is -3.23. The quantitative estimate of drug-likeness (QED) is 0.346. The molecule has 1 saturated heterocycles. The molecule has 1 aliphatic heterocycles. The first-order valence-corrected chi connectivity index (χ1v) is 10.7. The third kappa shape index (κ3) is 7.18. The molecule has 32 heavy (non-hydrogen) atoms. The van der Waals surface area contributed by atoms with E-state index in [0.29, 0.717) is 24.8 Å². The maximum absolute atomic E-state index is 12.1. The number of hydrogen-bond acceptors (Lipinski definition) is 6. The van der Waals surface area contributed by atoms with E-state index in [1.54, 1.807) is 18.2 Å². The lowest BCUT2D eigenvalue weighted by atomic mass is 10.1. The van der Waals surface area contributed by atoms with Crippen LogP contribution in [0.3, 0.4) is 0 Å². The number of nitrogens with zero attached hydrogens (tertiary/aromatic N) is 2. The van der Waals surface area contributed by atoms with Crippen LogP contribution in [0.4, 0.5) is 5.69 Å². The van der Waals surface area contributed by atoms with Gasteiger partial charge in [-0.25, -0.2) is 0 Å². The largest absolute Gasteiger partial charge is 0.492 e. The van der Waals surface area contributed by atoms with E-state index in [0.717, 1.165) is 43.9 Å². The minimum Gasteiger partial charge on any atom is -0.492 e. The maximum Gasteiger partial charge on any atom is 0.276 e. The second-order valence-corrected chi connectivity index (χ2v) is 7.69. The van der Waals surface area contributed by atoms with Crippen molar-refractivity contribution in [1.82, 2.24) is 10.2 Å². The van der Waals surface area contributed by atoms with Crippen molar-refractivity contribution < 1.29 is 19.2 Å². The molecule has 2 aromatic carbocycles. The van der Waals surface area contributed by atoms with Crippen molar-refractivity contribution >= 4 is 17.7 Å². The molecule has 170 valence electrons. The Morgan fingerprint density at radius 2 is 2.03 bits per heavy atom. The molecule has 0 aliphatic carbocycles. The lowest BCUT2D eigenvalue weighted by Crippen LogP contribution is -2.38. The van der Waals surface area contributed by atoms with Gasteiger partial charge in [0.2, 0.25) is 5.91 Å². The fraction of sp³-hybridized carbons (Fsp3) is 0.375. The summed E-state index contributed by atoms with van der Waals surface area (Å²) in [4.78, 5) is 25.0. The molecule has 0 spiro atoms. The molecule has 3 rings (SSSR count). The standard InChI is InChI=1S/C24H29N3O5/c1-26(21-11-14-31-15-12-21)13-16-32-22-7-4-5-19(17-22)18-25-24(28)10-9-20-6-2-3-8-23(20)27(29)30/h2-10,17,21H,11-16,18H2,1H3,(H,25,28)/b10-9+. The summed E-state index contributed by atoms with van der Waals surface area (Å²) in [5.41, 5.74) is 1.25. The smallest absolute Gasteiger partial charge is 0.276 e. The molecule has 0 radical (unpaired) electrons. The molecule has 2 aromatic rings. The number of hydrogen-bond donors (Lipinski definition) is 1. The second-order valence-electron chi connectivity index (χ2n) is 7.69. The third-order valence-corrected chi connectivity index (χ3v) is 5.44. The lowest BCUT2D eigenvalue weighted by molar-refractivity contribution is -0.385. The maximum atomic E-state index is 12.1. The summed E-state index contributed by atoms with van der Waals surface area (Å²) in [5, 5.41) is 13.8. The summed E-state index contributed by atoms with van der Waals surface area (Å²) in [6.07, 6.45) is 4.85. The van der Waals surface area contributed by atoms with Crippen LogP contribution in [0.1, 0.15) is 24.0 Å². The Morgan fingerprint density at radius 3 is 2.81 bits per heavy atom. The van der Waals surface area contributed by atoms with Crippen LogP contribution >= 0.6 is 0 Å². The molecule has 1 amide bonds. The van der Waals surface area contributed by atoms with Gasteiger partial charge < -0.3 is 14.8 Å². The summed E-state index contributed by atoms with van der Waals surface area (Å²) in [6, 6.07) is 14.4. The van der Waals surface area contributed by atoms with Crippen molar-refractivity contribution in [1.29, 1.82) is 0 Å². The van der Waals surface area contributed by atoms with E-state index in [9.17, 15) is 14.9 Å². The summed E-state index contributed by atoms with van der Waals surface area (Å²) in [7, 11) is 2.11. The van der Waals surface area contributed by atoms with Crippen LogP contribution in [0.25, 0.3) is 6.08 Å². The number of likely N-dealkylation sites (N-methyl/N-ethyl adjacent to an activating group) is 1. The Balaban J connectivity index is 1.45. The molecule has 1 N–H and O–H groups in total. The molecule has 1 aliphatic rings. The van der Waals surface area contributed by atoms with Gasteiger partial charge in [-0.1, -0.05) is 24.3 Å². The second kappa shape index (κ2) is 12.0. The molecule has 1 fully saturated rings. The number of ether oxygens (including phenoxy) is 2. The zero-order chi connectivity index (χ0) is 22.8. The fourth-order valence-corrected chi connectivity index (χ4v) is 3.57. The van der Waals surface area contributed by atoms with Crippen molar-refractivity contribution in [2.75, 3.05) is 33.4 Å². The van der Waals surface area contributed by atoms with Crippen LogP contribution in [-0.2, 0) is 16.1 Å². The van der Waals surface area contributed by atoms with Crippen LogP contribution in [0, 0.1) is 10.1 Å². The van der Waals surface area contributed by atoms with E-state index in [-0.39, 0.29) is 11.6 Å². The van der Waals surface area contributed by atoms with Crippen molar-refractivity contribution in [3.63, 3.8) is 0 Å². The number of carbonyl (C=O) groups excluding carboxylic acids is 1. The van der Waals surface area contributed by atoms with E-state index in [1.165, 1.54) is 18.2 Å². The van der Waals surface area contributed by atoms with Gasteiger partial charge in [0.1, 0.15) is 12.4 Å². The van der Waals surface area contributed by atoms with E-state index in [1.807, 2.05) is 24.3 Å². The highest BCUT2D eigenvalue weighted by Crippen LogP contribution is 2.19. The summed E-state index contributed by atoms with van der Waals surface area (Å²) < 4.78 is 11.3. The lowest BCUT2D eigenvalue weighted by Gasteiger charge is -2.31. The number of para-hydroxylation sites is 1. The number of rotatable bonds is 10. The average Bonchev–Trinajstić information content (AvgIpc) is 2.82. The molecular formula is C24H29N3O5. The van der Waals surface area contributed by atoms with Gasteiger partial charge in [0.05, 0.1) is 10.5 Å². The molecule has 0 saturated carbocycles. The first-order chi connectivity index (χ1) is 15.5. The number of carbonyl (C=O) groups is 1. The van der Waals surface area contributed by atoms with Crippen LogP contribution in [0.2, 0.25) is 0 Å². The zero-order valence-electron chi connectivity index (χ0n) is 18.2. The monoisotopic (exact) mass is 439 g/mol. The van der Waals surface area contributed by atoms with Gasteiger partial charge in [0, 0.05) is 44.5 Å². The fourth-order valence-electron chi connectivity index (χ4n) is 3.57. The molecule has 0 atom stereocenters. The Bertz CT molecular complexity index is 941. The van der Waals surface area contributed by atoms with Gasteiger partial charge in [0.15, 0.2) is 0 Å².